The molecule has 3 rings (SSSR count). The quantitative estimate of drug-likeness (QED) is 0.442. The number of benzene rings is 3. The first-order valence-corrected chi connectivity index (χ1v) is 9.43. The molecule has 0 aromatic heterocycles. The SMILES string of the molecule is COc1ccc(NC(=O)/C(C#N)=C\c2cccc(OCc3ccc(C)cc3)c2)cc1. The first kappa shape index (κ1) is 20.7. The van der Waals surface area contributed by atoms with Crippen LogP contribution in [0.1, 0.15) is 16.7 Å². The number of carbonyl (C=O) groups is 1. The highest BCUT2D eigenvalue weighted by molar-refractivity contribution is 6.09. The highest BCUT2D eigenvalue weighted by Gasteiger charge is 2.10. The average Bonchev–Trinajstić information content (AvgIpc) is 2.78. The number of nitriles is 1. The van der Waals surface area contributed by atoms with Crippen molar-refractivity contribution in [2.24, 2.45) is 0 Å². The number of hydrogen-bond donors (Lipinski definition) is 1. The smallest absolute Gasteiger partial charge is 0.266 e. The lowest BCUT2D eigenvalue weighted by Gasteiger charge is -2.08. The fraction of sp³-hybridized carbons (Fsp3) is 0.120. The summed E-state index contributed by atoms with van der Waals surface area (Å²) in [6.45, 7) is 2.48. The van der Waals surface area contributed by atoms with Gasteiger partial charge in [0.2, 0.25) is 0 Å². The Bertz CT molecular complexity index is 1080. The Labute approximate surface area is 176 Å². The second-order valence-electron chi connectivity index (χ2n) is 6.70. The Balaban J connectivity index is 1.68. The zero-order valence-corrected chi connectivity index (χ0v) is 16.9. The molecule has 30 heavy (non-hydrogen) atoms. The van der Waals surface area contributed by atoms with E-state index in [1.165, 1.54) is 11.6 Å². The number of carbonyl (C=O) groups excluding carboxylic acids is 1. The lowest BCUT2D eigenvalue weighted by molar-refractivity contribution is -0.112. The number of hydrogen-bond acceptors (Lipinski definition) is 4. The van der Waals surface area contributed by atoms with Crippen LogP contribution in [0.15, 0.2) is 78.4 Å². The van der Waals surface area contributed by atoms with Gasteiger partial charge in [0.05, 0.1) is 7.11 Å². The Hall–Kier alpha value is -4.04. The summed E-state index contributed by atoms with van der Waals surface area (Å²) in [5.41, 5.74) is 3.55. The Morgan fingerprint density at radius 1 is 1.03 bits per heavy atom. The van der Waals surface area contributed by atoms with Crippen LogP contribution in [-0.2, 0) is 11.4 Å². The molecule has 0 aliphatic rings. The minimum Gasteiger partial charge on any atom is -0.497 e. The van der Waals surface area contributed by atoms with Crippen molar-refractivity contribution in [1.82, 2.24) is 0 Å². The van der Waals surface area contributed by atoms with Crippen molar-refractivity contribution >= 4 is 17.7 Å². The molecule has 0 bridgehead atoms. The van der Waals surface area contributed by atoms with Gasteiger partial charge in [0.15, 0.2) is 0 Å². The van der Waals surface area contributed by atoms with Crippen molar-refractivity contribution in [3.05, 3.63) is 95.1 Å². The van der Waals surface area contributed by atoms with Crippen LogP contribution in [0.5, 0.6) is 11.5 Å². The molecule has 0 saturated heterocycles. The third-order valence-electron chi connectivity index (χ3n) is 4.41. The molecule has 0 heterocycles. The van der Waals surface area contributed by atoms with Crippen LogP contribution in [0.2, 0.25) is 0 Å². The van der Waals surface area contributed by atoms with Crippen molar-refractivity contribution in [3.8, 4) is 17.6 Å². The van der Waals surface area contributed by atoms with E-state index in [-0.39, 0.29) is 5.57 Å². The molecule has 150 valence electrons. The lowest BCUT2D eigenvalue weighted by atomic mass is 10.1. The third-order valence-corrected chi connectivity index (χ3v) is 4.41. The Morgan fingerprint density at radius 3 is 2.43 bits per heavy atom. The molecule has 0 spiro atoms. The van der Waals surface area contributed by atoms with Crippen molar-refractivity contribution < 1.29 is 14.3 Å². The largest absolute Gasteiger partial charge is 0.497 e. The normalized spacial score (nSPS) is 10.8. The molecule has 5 nitrogen and oxygen atoms in total. The van der Waals surface area contributed by atoms with Crippen LogP contribution in [0.25, 0.3) is 6.08 Å². The molecule has 1 amide bonds. The third kappa shape index (κ3) is 5.73. The molecule has 0 aliphatic carbocycles. The summed E-state index contributed by atoms with van der Waals surface area (Å²) in [5, 5.41) is 12.1. The first-order valence-electron chi connectivity index (χ1n) is 9.43. The standard InChI is InChI=1S/C25H22N2O3/c1-18-6-8-19(9-7-18)17-30-24-5-3-4-20(15-24)14-21(16-26)25(28)27-22-10-12-23(29-2)13-11-22/h3-15H,17H2,1-2H3,(H,27,28)/b21-14-. The van der Waals surface area contributed by atoms with Gasteiger partial charge in [-0.1, -0.05) is 42.0 Å². The second-order valence-corrected chi connectivity index (χ2v) is 6.70. The molecule has 3 aromatic carbocycles. The van der Waals surface area contributed by atoms with E-state index in [1.54, 1.807) is 37.4 Å². The molecule has 0 fully saturated rings. The number of ether oxygens (including phenoxy) is 2. The second kappa shape index (κ2) is 9.94. The summed E-state index contributed by atoms with van der Waals surface area (Å²) in [4.78, 5) is 12.5. The summed E-state index contributed by atoms with van der Waals surface area (Å²) in [6, 6.07) is 24.3. The Kier molecular flexibility index (Phi) is 6.86. The minimum atomic E-state index is -0.478. The van der Waals surface area contributed by atoms with Gasteiger partial charge < -0.3 is 14.8 Å². The summed E-state index contributed by atoms with van der Waals surface area (Å²) in [5.74, 6) is 0.873. The van der Waals surface area contributed by atoms with Gasteiger partial charge in [0.1, 0.15) is 29.7 Å². The molecule has 5 heteroatoms. The first-order chi connectivity index (χ1) is 14.6. The van der Waals surface area contributed by atoms with Crippen LogP contribution in [0, 0.1) is 18.3 Å². The van der Waals surface area contributed by atoms with E-state index in [0.29, 0.717) is 29.4 Å². The maximum absolute atomic E-state index is 12.5. The van der Waals surface area contributed by atoms with E-state index in [1.807, 2.05) is 55.5 Å². The maximum atomic E-state index is 12.5. The van der Waals surface area contributed by atoms with Gasteiger partial charge in [-0.15, -0.1) is 0 Å². The zero-order valence-electron chi connectivity index (χ0n) is 16.9. The number of amides is 1. The zero-order chi connectivity index (χ0) is 21.3. The van der Waals surface area contributed by atoms with Crippen LogP contribution >= 0.6 is 0 Å². The highest BCUT2D eigenvalue weighted by atomic mass is 16.5. The summed E-state index contributed by atoms with van der Waals surface area (Å²) < 4.78 is 10.9. The predicted octanol–water partition coefficient (Wildman–Crippen LogP) is 5.13. The summed E-state index contributed by atoms with van der Waals surface area (Å²) >= 11 is 0. The number of nitrogens with zero attached hydrogens (tertiary/aromatic N) is 1. The van der Waals surface area contributed by atoms with Crippen LogP contribution in [-0.4, -0.2) is 13.0 Å². The molecule has 0 saturated carbocycles. The lowest BCUT2D eigenvalue weighted by Crippen LogP contribution is -2.13. The van der Waals surface area contributed by atoms with Crippen molar-refractivity contribution in [3.63, 3.8) is 0 Å². The van der Waals surface area contributed by atoms with Gasteiger partial charge in [0, 0.05) is 5.69 Å². The van der Waals surface area contributed by atoms with Gasteiger partial charge >= 0.3 is 0 Å². The van der Waals surface area contributed by atoms with Crippen LogP contribution < -0.4 is 14.8 Å². The molecule has 0 radical (unpaired) electrons. The van der Waals surface area contributed by atoms with E-state index in [9.17, 15) is 10.1 Å². The molecular formula is C25H22N2O3. The van der Waals surface area contributed by atoms with Gasteiger partial charge in [-0.2, -0.15) is 5.26 Å². The van der Waals surface area contributed by atoms with Gasteiger partial charge in [-0.25, -0.2) is 0 Å². The van der Waals surface area contributed by atoms with E-state index >= 15 is 0 Å². The van der Waals surface area contributed by atoms with Gasteiger partial charge in [-0.05, 0) is 60.5 Å². The topological polar surface area (TPSA) is 71.3 Å². The van der Waals surface area contributed by atoms with Crippen molar-refractivity contribution in [1.29, 1.82) is 5.26 Å². The summed E-state index contributed by atoms with van der Waals surface area (Å²) in [6.07, 6.45) is 1.54. The van der Waals surface area contributed by atoms with E-state index in [2.05, 4.69) is 5.32 Å². The number of methoxy groups -OCH3 is 1. The van der Waals surface area contributed by atoms with E-state index < -0.39 is 5.91 Å². The summed E-state index contributed by atoms with van der Waals surface area (Å²) in [7, 11) is 1.57. The predicted molar refractivity (Wildman–Crippen MR) is 117 cm³/mol. The van der Waals surface area contributed by atoms with E-state index in [0.717, 1.165) is 5.56 Å². The molecule has 1 N–H and O–H groups in total. The maximum Gasteiger partial charge on any atom is 0.266 e. The minimum absolute atomic E-state index is 0.00139. The van der Waals surface area contributed by atoms with Gasteiger partial charge in [0.25, 0.3) is 5.91 Å². The van der Waals surface area contributed by atoms with Crippen LogP contribution in [0.4, 0.5) is 5.69 Å². The number of aryl methyl sites for hydroxylation is 1. The average molecular weight is 398 g/mol. The van der Waals surface area contributed by atoms with E-state index in [4.69, 9.17) is 9.47 Å². The molecular weight excluding hydrogens is 376 g/mol. The van der Waals surface area contributed by atoms with Crippen molar-refractivity contribution in [2.75, 3.05) is 12.4 Å². The fourth-order valence-corrected chi connectivity index (χ4v) is 2.73. The number of rotatable bonds is 7. The number of anilines is 1. The Morgan fingerprint density at radius 2 is 1.77 bits per heavy atom. The fourth-order valence-electron chi connectivity index (χ4n) is 2.73. The molecule has 0 aliphatic heterocycles. The van der Waals surface area contributed by atoms with Crippen LogP contribution in [0.3, 0.4) is 0 Å². The van der Waals surface area contributed by atoms with Gasteiger partial charge in [-0.3, -0.25) is 4.79 Å². The molecule has 0 unspecified atom stereocenters. The molecule has 3 aromatic rings. The number of nitrogens with one attached hydrogen (secondary N) is 1. The van der Waals surface area contributed by atoms with Crippen molar-refractivity contribution in [2.45, 2.75) is 13.5 Å². The molecule has 0 atom stereocenters. The monoisotopic (exact) mass is 398 g/mol. The highest BCUT2D eigenvalue weighted by Crippen LogP contribution is 2.19.